The summed E-state index contributed by atoms with van der Waals surface area (Å²) in [5.74, 6) is 0. The molecule has 0 amide bonds. The number of unbranched alkanes of at least 4 members (excludes halogenated alkanes) is 1. The molecular formula is C20H23BrN2. The van der Waals surface area contributed by atoms with Crippen molar-refractivity contribution in [3.05, 3.63) is 57.6 Å². The van der Waals surface area contributed by atoms with Crippen LogP contribution in [0, 0.1) is 13.8 Å². The summed E-state index contributed by atoms with van der Waals surface area (Å²) < 4.78 is 1.12. The molecule has 0 saturated heterocycles. The number of halogens is 1. The number of aromatic amines is 1. The lowest BCUT2D eigenvalue weighted by Gasteiger charge is -2.07. The lowest BCUT2D eigenvalue weighted by molar-refractivity contribution is 0.748. The van der Waals surface area contributed by atoms with E-state index in [-0.39, 0.29) is 0 Å². The number of hydrogen-bond donors (Lipinski definition) is 2. The van der Waals surface area contributed by atoms with Crippen molar-refractivity contribution in [3.8, 4) is 11.3 Å². The Labute approximate surface area is 146 Å². The van der Waals surface area contributed by atoms with Crippen LogP contribution in [0.5, 0.6) is 0 Å². The molecule has 2 aromatic carbocycles. The van der Waals surface area contributed by atoms with Crippen LogP contribution in [-0.4, -0.2) is 11.5 Å². The second kappa shape index (κ2) is 6.90. The zero-order valence-corrected chi connectivity index (χ0v) is 15.3. The van der Waals surface area contributed by atoms with E-state index in [1.54, 1.807) is 0 Å². The molecule has 1 aromatic heterocycles. The van der Waals surface area contributed by atoms with Crippen molar-refractivity contribution in [1.82, 2.24) is 4.98 Å². The van der Waals surface area contributed by atoms with Gasteiger partial charge in [-0.05, 0) is 84.9 Å². The van der Waals surface area contributed by atoms with Gasteiger partial charge in [0.05, 0.1) is 5.52 Å². The summed E-state index contributed by atoms with van der Waals surface area (Å²) in [6, 6.07) is 13.2. The van der Waals surface area contributed by atoms with E-state index in [0.717, 1.165) is 30.3 Å². The predicted molar refractivity (Wildman–Crippen MR) is 103 cm³/mol. The fourth-order valence-corrected chi connectivity index (χ4v) is 3.77. The van der Waals surface area contributed by atoms with Crippen LogP contribution in [0.4, 0.5) is 0 Å². The summed E-state index contributed by atoms with van der Waals surface area (Å²) in [4.78, 5) is 3.65. The molecule has 0 aliphatic carbocycles. The summed E-state index contributed by atoms with van der Waals surface area (Å²) in [5, 5.41) is 1.31. The first-order valence-electron chi connectivity index (χ1n) is 8.18. The molecule has 2 nitrogen and oxygen atoms in total. The highest BCUT2D eigenvalue weighted by Gasteiger charge is 2.15. The second-order valence-electron chi connectivity index (χ2n) is 6.26. The van der Waals surface area contributed by atoms with Crippen LogP contribution < -0.4 is 5.73 Å². The van der Waals surface area contributed by atoms with E-state index in [1.165, 1.54) is 38.9 Å². The smallest absolute Gasteiger partial charge is 0.0606 e. The third-order valence-electron chi connectivity index (χ3n) is 4.28. The van der Waals surface area contributed by atoms with Crippen molar-refractivity contribution in [2.24, 2.45) is 5.73 Å². The van der Waals surface area contributed by atoms with Crippen LogP contribution >= 0.6 is 15.9 Å². The standard InChI is InChI=1S/C20H23BrN2/c1-13-10-14(2)12-15(11-13)19-16(6-3-4-9-22)17-7-5-8-18(21)20(17)23-19/h5,7-8,10-12,23H,3-4,6,9,22H2,1-2H3. The molecule has 1 heterocycles. The topological polar surface area (TPSA) is 41.8 Å². The maximum Gasteiger partial charge on any atom is 0.0606 e. The number of nitrogens with one attached hydrogen (secondary N) is 1. The fraction of sp³-hybridized carbons (Fsp3) is 0.300. The number of rotatable bonds is 5. The van der Waals surface area contributed by atoms with Crippen molar-refractivity contribution in [1.29, 1.82) is 0 Å². The molecule has 0 unspecified atom stereocenters. The lowest BCUT2D eigenvalue weighted by atomic mass is 9.98. The molecular weight excluding hydrogens is 348 g/mol. The highest BCUT2D eigenvalue weighted by Crippen LogP contribution is 2.35. The monoisotopic (exact) mass is 370 g/mol. The zero-order valence-electron chi connectivity index (χ0n) is 13.7. The SMILES string of the molecule is Cc1cc(C)cc(-c2[nH]c3c(Br)cccc3c2CCCCN)c1. The first-order chi connectivity index (χ1) is 11.1. The van der Waals surface area contributed by atoms with Gasteiger partial charge in [0.2, 0.25) is 0 Å². The molecule has 23 heavy (non-hydrogen) atoms. The Morgan fingerprint density at radius 3 is 2.48 bits per heavy atom. The molecule has 0 radical (unpaired) electrons. The third kappa shape index (κ3) is 3.36. The maximum atomic E-state index is 5.68. The minimum Gasteiger partial charge on any atom is -0.353 e. The van der Waals surface area contributed by atoms with Gasteiger partial charge in [-0.2, -0.15) is 0 Å². The van der Waals surface area contributed by atoms with E-state index >= 15 is 0 Å². The molecule has 0 saturated carbocycles. The Morgan fingerprint density at radius 2 is 1.78 bits per heavy atom. The molecule has 3 aromatic rings. The minimum atomic E-state index is 0.755. The molecule has 3 N–H and O–H groups in total. The number of hydrogen-bond acceptors (Lipinski definition) is 1. The summed E-state index contributed by atoms with van der Waals surface area (Å²) in [6.07, 6.45) is 3.23. The number of aromatic nitrogens is 1. The molecule has 0 aliphatic rings. The Kier molecular flexibility index (Phi) is 4.88. The summed E-state index contributed by atoms with van der Waals surface area (Å²) in [7, 11) is 0. The number of fused-ring (bicyclic) bond motifs is 1. The zero-order chi connectivity index (χ0) is 16.4. The average Bonchev–Trinajstić information content (AvgIpc) is 2.87. The number of nitrogens with two attached hydrogens (primary N) is 1. The van der Waals surface area contributed by atoms with Gasteiger partial charge in [-0.15, -0.1) is 0 Å². The van der Waals surface area contributed by atoms with E-state index in [9.17, 15) is 0 Å². The number of para-hydroxylation sites is 1. The van der Waals surface area contributed by atoms with Gasteiger partial charge in [0.1, 0.15) is 0 Å². The lowest BCUT2D eigenvalue weighted by Crippen LogP contribution is -1.99. The van der Waals surface area contributed by atoms with Crippen molar-refractivity contribution >= 4 is 26.8 Å². The van der Waals surface area contributed by atoms with E-state index < -0.39 is 0 Å². The van der Waals surface area contributed by atoms with Gasteiger partial charge >= 0.3 is 0 Å². The van der Waals surface area contributed by atoms with Gasteiger partial charge < -0.3 is 10.7 Å². The van der Waals surface area contributed by atoms with Crippen molar-refractivity contribution in [2.75, 3.05) is 6.54 Å². The van der Waals surface area contributed by atoms with Gasteiger partial charge in [-0.1, -0.05) is 29.3 Å². The Balaban J connectivity index is 2.17. The summed E-state index contributed by atoms with van der Waals surface area (Å²) in [6.45, 7) is 5.07. The summed E-state index contributed by atoms with van der Waals surface area (Å²) >= 11 is 3.68. The molecule has 3 rings (SSSR count). The van der Waals surface area contributed by atoms with E-state index in [1.807, 2.05) is 0 Å². The first-order valence-corrected chi connectivity index (χ1v) is 8.97. The highest BCUT2D eigenvalue weighted by molar-refractivity contribution is 9.10. The van der Waals surface area contributed by atoms with E-state index in [0.29, 0.717) is 0 Å². The molecule has 0 atom stereocenters. The quantitative estimate of drug-likeness (QED) is 0.572. The number of aryl methyl sites for hydroxylation is 3. The van der Waals surface area contributed by atoms with Crippen LogP contribution in [0.1, 0.15) is 29.5 Å². The Hall–Kier alpha value is -1.58. The third-order valence-corrected chi connectivity index (χ3v) is 4.94. The summed E-state index contributed by atoms with van der Waals surface area (Å²) in [5.41, 5.74) is 13.4. The van der Waals surface area contributed by atoms with E-state index in [4.69, 9.17) is 5.73 Å². The molecule has 3 heteroatoms. The molecule has 0 bridgehead atoms. The van der Waals surface area contributed by atoms with Crippen molar-refractivity contribution in [3.63, 3.8) is 0 Å². The van der Waals surface area contributed by atoms with Crippen LogP contribution in [0.25, 0.3) is 22.2 Å². The van der Waals surface area contributed by atoms with Gasteiger partial charge in [-0.3, -0.25) is 0 Å². The molecule has 120 valence electrons. The number of benzene rings is 2. The van der Waals surface area contributed by atoms with Crippen LogP contribution in [0.15, 0.2) is 40.9 Å². The van der Waals surface area contributed by atoms with Gasteiger partial charge in [0.25, 0.3) is 0 Å². The normalized spacial score (nSPS) is 11.3. The number of H-pyrrole nitrogens is 1. The molecule has 0 aliphatic heterocycles. The van der Waals surface area contributed by atoms with E-state index in [2.05, 4.69) is 71.2 Å². The fourth-order valence-electron chi connectivity index (χ4n) is 3.31. The van der Waals surface area contributed by atoms with Gasteiger partial charge in [0, 0.05) is 15.6 Å². The second-order valence-corrected chi connectivity index (χ2v) is 7.12. The molecule has 0 spiro atoms. The van der Waals surface area contributed by atoms with Crippen LogP contribution in [-0.2, 0) is 6.42 Å². The predicted octanol–water partition coefficient (Wildman–Crippen LogP) is 5.50. The Morgan fingerprint density at radius 1 is 1.04 bits per heavy atom. The first kappa shape index (κ1) is 16.3. The maximum absolute atomic E-state index is 5.68. The molecule has 0 fully saturated rings. The van der Waals surface area contributed by atoms with Crippen LogP contribution in [0.2, 0.25) is 0 Å². The van der Waals surface area contributed by atoms with Crippen molar-refractivity contribution in [2.45, 2.75) is 33.1 Å². The highest BCUT2D eigenvalue weighted by atomic mass is 79.9. The van der Waals surface area contributed by atoms with Crippen molar-refractivity contribution < 1.29 is 0 Å². The van der Waals surface area contributed by atoms with Gasteiger partial charge in [-0.25, -0.2) is 0 Å². The van der Waals surface area contributed by atoms with Crippen LogP contribution in [0.3, 0.4) is 0 Å². The average molecular weight is 371 g/mol. The minimum absolute atomic E-state index is 0.755. The Bertz CT molecular complexity index is 813. The largest absolute Gasteiger partial charge is 0.353 e. The van der Waals surface area contributed by atoms with Gasteiger partial charge in [0.15, 0.2) is 0 Å².